The predicted octanol–water partition coefficient (Wildman–Crippen LogP) is 5.65. The largest absolute Gasteiger partial charge is 0.397 e. The van der Waals surface area contributed by atoms with Gasteiger partial charge in [0.05, 0.1) is 17.1 Å². The van der Waals surface area contributed by atoms with Gasteiger partial charge in [0.25, 0.3) is 0 Å². The van der Waals surface area contributed by atoms with Crippen molar-refractivity contribution in [2.24, 2.45) is 0 Å². The molecule has 0 bridgehead atoms. The second kappa shape index (κ2) is 11.9. The summed E-state index contributed by atoms with van der Waals surface area (Å²) in [5, 5.41) is 11.3. The van der Waals surface area contributed by atoms with Crippen LogP contribution in [0.1, 0.15) is 36.9 Å². The summed E-state index contributed by atoms with van der Waals surface area (Å²) < 4.78 is 15.1. The van der Waals surface area contributed by atoms with Gasteiger partial charge in [0.1, 0.15) is 5.82 Å². The quantitative estimate of drug-likeness (QED) is 0.219. The van der Waals surface area contributed by atoms with Crippen molar-refractivity contribution < 1.29 is 9.18 Å². The average Bonchev–Trinajstić information content (AvgIpc) is 3.33. The number of nitrogens with zero attached hydrogens (tertiary/aromatic N) is 3. The van der Waals surface area contributed by atoms with E-state index in [1.54, 1.807) is 24.3 Å². The molecule has 4 aromatic rings. The van der Waals surface area contributed by atoms with Crippen molar-refractivity contribution in [2.45, 2.75) is 45.1 Å². The lowest BCUT2D eigenvalue weighted by atomic mass is 10.0. The van der Waals surface area contributed by atoms with Gasteiger partial charge >= 0.3 is 0 Å². The molecule has 0 saturated carbocycles. The molecule has 3 N–H and O–H groups in total. The SMILES string of the molecule is Nc1ccc(-c2ccc(F)cc2)cc1NC(=O)CCc1cn(CCCCCc2ccccc2)nn1. The van der Waals surface area contributed by atoms with Crippen molar-refractivity contribution in [1.82, 2.24) is 15.0 Å². The van der Waals surface area contributed by atoms with Crippen molar-refractivity contribution in [1.29, 1.82) is 0 Å². The highest BCUT2D eigenvalue weighted by atomic mass is 19.1. The molecule has 0 spiro atoms. The van der Waals surface area contributed by atoms with Crippen LogP contribution in [0.4, 0.5) is 15.8 Å². The Bertz CT molecular complexity index is 1240. The van der Waals surface area contributed by atoms with Crippen molar-refractivity contribution in [3.8, 4) is 11.1 Å². The third kappa shape index (κ3) is 7.24. The number of hydrogen-bond acceptors (Lipinski definition) is 4. The standard InChI is InChI=1S/C28H30FN5O/c29-24-13-10-22(11-14-24)23-12-16-26(30)27(19-23)31-28(35)17-15-25-20-34(33-32-25)18-6-2-5-9-21-7-3-1-4-8-21/h1,3-4,7-8,10-14,16,19-20H,2,5-6,9,15,17-18,30H2,(H,31,35). The summed E-state index contributed by atoms with van der Waals surface area (Å²) in [5.41, 5.74) is 10.9. The maximum Gasteiger partial charge on any atom is 0.224 e. The molecule has 0 aliphatic carbocycles. The third-order valence-electron chi connectivity index (χ3n) is 5.89. The summed E-state index contributed by atoms with van der Waals surface area (Å²) in [4.78, 5) is 12.5. The van der Waals surface area contributed by atoms with Gasteiger partial charge < -0.3 is 11.1 Å². The maximum atomic E-state index is 13.2. The van der Waals surface area contributed by atoms with Gasteiger partial charge in [-0.1, -0.05) is 60.2 Å². The van der Waals surface area contributed by atoms with E-state index in [-0.39, 0.29) is 18.1 Å². The average molecular weight is 472 g/mol. The lowest BCUT2D eigenvalue weighted by molar-refractivity contribution is -0.116. The fourth-order valence-corrected chi connectivity index (χ4v) is 3.93. The second-order valence-electron chi connectivity index (χ2n) is 8.63. The minimum Gasteiger partial charge on any atom is -0.397 e. The Morgan fingerprint density at radius 2 is 1.69 bits per heavy atom. The summed E-state index contributed by atoms with van der Waals surface area (Å²) in [5.74, 6) is -0.443. The molecular formula is C28H30FN5O. The molecule has 0 unspecified atom stereocenters. The number of aromatic nitrogens is 3. The van der Waals surface area contributed by atoms with Crippen molar-refractivity contribution in [2.75, 3.05) is 11.1 Å². The van der Waals surface area contributed by atoms with Gasteiger partial charge in [-0.15, -0.1) is 5.10 Å². The molecular weight excluding hydrogens is 441 g/mol. The second-order valence-corrected chi connectivity index (χ2v) is 8.63. The molecule has 3 aromatic carbocycles. The number of rotatable bonds is 11. The highest BCUT2D eigenvalue weighted by Crippen LogP contribution is 2.27. The van der Waals surface area contributed by atoms with Crippen molar-refractivity contribution in [3.63, 3.8) is 0 Å². The Hall–Kier alpha value is -4.00. The first-order chi connectivity index (χ1) is 17.1. The number of hydrogen-bond donors (Lipinski definition) is 2. The number of nitrogen functional groups attached to an aromatic ring is 1. The van der Waals surface area contributed by atoms with Gasteiger partial charge in [-0.2, -0.15) is 0 Å². The van der Waals surface area contributed by atoms with E-state index in [1.165, 1.54) is 17.7 Å². The van der Waals surface area contributed by atoms with Crippen molar-refractivity contribution >= 4 is 17.3 Å². The Morgan fingerprint density at radius 3 is 2.49 bits per heavy atom. The molecule has 0 saturated heterocycles. The van der Waals surface area contributed by atoms with E-state index in [4.69, 9.17) is 5.73 Å². The first-order valence-electron chi connectivity index (χ1n) is 11.9. The van der Waals surface area contributed by atoms with Crippen LogP contribution in [0, 0.1) is 5.82 Å². The van der Waals surface area contributed by atoms with E-state index in [9.17, 15) is 9.18 Å². The first kappa shape index (κ1) is 24.1. The zero-order valence-corrected chi connectivity index (χ0v) is 19.7. The summed E-state index contributed by atoms with van der Waals surface area (Å²) in [6.07, 6.45) is 7.10. The third-order valence-corrected chi connectivity index (χ3v) is 5.89. The summed E-state index contributed by atoms with van der Waals surface area (Å²) in [7, 11) is 0. The molecule has 0 radical (unpaired) electrons. The fraction of sp³-hybridized carbons (Fsp3) is 0.250. The Kier molecular flexibility index (Phi) is 8.22. The van der Waals surface area contributed by atoms with E-state index < -0.39 is 0 Å². The number of carbonyl (C=O) groups excluding carboxylic acids is 1. The molecule has 0 aliphatic heterocycles. The molecule has 35 heavy (non-hydrogen) atoms. The zero-order valence-electron chi connectivity index (χ0n) is 19.7. The van der Waals surface area contributed by atoms with Gasteiger partial charge in [0, 0.05) is 25.6 Å². The number of halogens is 1. The number of anilines is 2. The Balaban J connectivity index is 1.21. The lowest BCUT2D eigenvalue weighted by Crippen LogP contribution is -2.13. The monoisotopic (exact) mass is 471 g/mol. The molecule has 1 heterocycles. The van der Waals surface area contributed by atoms with Crippen LogP contribution in [0.15, 0.2) is 79.0 Å². The zero-order chi connectivity index (χ0) is 24.5. The van der Waals surface area contributed by atoms with Crippen LogP contribution in [-0.4, -0.2) is 20.9 Å². The Morgan fingerprint density at radius 1 is 0.914 bits per heavy atom. The summed E-state index contributed by atoms with van der Waals surface area (Å²) >= 11 is 0. The minimum atomic E-state index is -0.294. The van der Waals surface area contributed by atoms with E-state index in [2.05, 4.69) is 39.9 Å². The predicted molar refractivity (Wildman–Crippen MR) is 137 cm³/mol. The molecule has 180 valence electrons. The number of unbranched alkanes of at least 4 members (excludes halogenated alkanes) is 2. The van der Waals surface area contributed by atoms with Gasteiger partial charge in [0.2, 0.25) is 5.91 Å². The van der Waals surface area contributed by atoms with Gasteiger partial charge in [0.15, 0.2) is 0 Å². The molecule has 0 aliphatic rings. The van der Waals surface area contributed by atoms with Gasteiger partial charge in [-0.3, -0.25) is 9.48 Å². The highest BCUT2D eigenvalue weighted by molar-refractivity contribution is 5.95. The number of aryl methyl sites for hydroxylation is 3. The maximum absolute atomic E-state index is 13.2. The smallest absolute Gasteiger partial charge is 0.224 e. The van der Waals surface area contributed by atoms with E-state index in [0.717, 1.165) is 49.0 Å². The minimum absolute atomic E-state index is 0.150. The van der Waals surface area contributed by atoms with Gasteiger partial charge in [-0.25, -0.2) is 4.39 Å². The number of nitrogens with one attached hydrogen (secondary N) is 1. The number of carbonyl (C=O) groups is 1. The number of nitrogens with two attached hydrogens (primary N) is 1. The lowest BCUT2D eigenvalue weighted by Gasteiger charge is -2.10. The summed E-state index contributed by atoms with van der Waals surface area (Å²) in [6.45, 7) is 0.820. The van der Waals surface area contributed by atoms with E-state index >= 15 is 0 Å². The number of amides is 1. The number of benzene rings is 3. The van der Waals surface area contributed by atoms with Gasteiger partial charge in [-0.05, 0) is 60.2 Å². The molecule has 7 heteroatoms. The molecule has 1 amide bonds. The van der Waals surface area contributed by atoms with Crippen molar-refractivity contribution in [3.05, 3.63) is 96.1 Å². The van der Waals surface area contributed by atoms with Crippen LogP contribution in [0.3, 0.4) is 0 Å². The molecule has 6 nitrogen and oxygen atoms in total. The van der Waals surface area contributed by atoms with Crippen LogP contribution >= 0.6 is 0 Å². The summed E-state index contributed by atoms with van der Waals surface area (Å²) in [6, 6.07) is 22.1. The van der Waals surface area contributed by atoms with Crippen LogP contribution in [0.5, 0.6) is 0 Å². The molecule has 0 atom stereocenters. The van der Waals surface area contributed by atoms with Crippen LogP contribution in [-0.2, 0) is 24.2 Å². The van der Waals surface area contributed by atoms with E-state index in [1.807, 2.05) is 23.0 Å². The molecule has 1 aromatic heterocycles. The topological polar surface area (TPSA) is 85.8 Å². The highest BCUT2D eigenvalue weighted by Gasteiger charge is 2.10. The van der Waals surface area contributed by atoms with Crippen LogP contribution in [0.2, 0.25) is 0 Å². The fourth-order valence-electron chi connectivity index (χ4n) is 3.93. The Labute approximate surface area is 205 Å². The molecule has 0 fully saturated rings. The molecule has 4 rings (SSSR count). The first-order valence-corrected chi connectivity index (χ1v) is 11.9. The van der Waals surface area contributed by atoms with Crippen LogP contribution < -0.4 is 11.1 Å². The van der Waals surface area contributed by atoms with E-state index in [0.29, 0.717) is 17.8 Å². The normalized spacial score (nSPS) is 10.9. The van der Waals surface area contributed by atoms with Crippen LogP contribution in [0.25, 0.3) is 11.1 Å².